The molecular weight excluding hydrogens is 376 g/mol. The largest absolute Gasteiger partial charge is 0.341 e. The summed E-state index contributed by atoms with van der Waals surface area (Å²) < 4.78 is 0. The Morgan fingerprint density at radius 3 is 2.63 bits per heavy atom. The molecule has 7 heteroatoms. The molecule has 0 bridgehead atoms. The van der Waals surface area contributed by atoms with Crippen molar-refractivity contribution in [3.05, 3.63) is 66.5 Å². The number of carbonyl (C=O) groups excluding carboxylic acids is 1. The Hall–Kier alpha value is -3.45. The van der Waals surface area contributed by atoms with E-state index in [-0.39, 0.29) is 11.8 Å². The third-order valence-corrected chi connectivity index (χ3v) is 5.68. The highest BCUT2D eigenvalue weighted by molar-refractivity contribution is 5.92. The predicted octanol–water partition coefficient (Wildman–Crippen LogP) is 3.80. The molecule has 1 saturated heterocycles. The fraction of sp³-hybridized carbons (Fsp3) is 0.261. The molecule has 1 fully saturated rings. The van der Waals surface area contributed by atoms with Crippen molar-refractivity contribution in [3.63, 3.8) is 0 Å². The molecule has 0 aliphatic carbocycles. The summed E-state index contributed by atoms with van der Waals surface area (Å²) in [5.41, 5.74) is 4.00. The minimum atomic E-state index is 0.00815. The number of hydrogen-bond donors (Lipinski definition) is 3. The lowest BCUT2D eigenvalue weighted by Crippen LogP contribution is -2.38. The summed E-state index contributed by atoms with van der Waals surface area (Å²) in [7, 11) is 0. The van der Waals surface area contributed by atoms with Crippen molar-refractivity contribution in [2.24, 2.45) is 5.92 Å². The van der Waals surface area contributed by atoms with E-state index >= 15 is 0 Å². The van der Waals surface area contributed by atoms with Crippen molar-refractivity contribution in [2.75, 3.05) is 18.4 Å². The molecular formula is C23H24N6O. The number of H-pyrrole nitrogens is 2. The van der Waals surface area contributed by atoms with E-state index < -0.39 is 0 Å². The Morgan fingerprint density at radius 2 is 1.83 bits per heavy atom. The Labute approximate surface area is 174 Å². The van der Waals surface area contributed by atoms with Gasteiger partial charge in [0.05, 0.1) is 23.3 Å². The molecule has 7 nitrogen and oxygen atoms in total. The number of amides is 1. The highest BCUT2D eigenvalue weighted by atomic mass is 16.2. The number of aromatic nitrogens is 4. The fourth-order valence-corrected chi connectivity index (χ4v) is 4.03. The Bertz CT molecular complexity index is 1110. The molecule has 0 atom stereocenters. The Morgan fingerprint density at radius 1 is 1.07 bits per heavy atom. The smallest absolute Gasteiger partial charge is 0.228 e. The van der Waals surface area contributed by atoms with Gasteiger partial charge in [-0.15, -0.1) is 0 Å². The molecule has 0 radical (unpaired) electrons. The molecule has 2 aromatic heterocycles. The topological polar surface area (TPSA) is 89.7 Å². The van der Waals surface area contributed by atoms with E-state index in [1.807, 2.05) is 60.7 Å². The minimum Gasteiger partial charge on any atom is -0.341 e. The normalized spacial score (nSPS) is 15.5. The number of imidazole rings is 1. The summed E-state index contributed by atoms with van der Waals surface area (Å²) in [6, 6.07) is 19.9. The van der Waals surface area contributed by atoms with Crippen LogP contribution in [0.2, 0.25) is 0 Å². The summed E-state index contributed by atoms with van der Waals surface area (Å²) in [6.45, 7) is 2.54. The maximum atomic E-state index is 12.7. The predicted molar refractivity (Wildman–Crippen MR) is 117 cm³/mol. The number of para-hydroxylation sites is 2. The molecule has 3 heterocycles. The zero-order chi connectivity index (χ0) is 20.3. The van der Waals surface area contributed by atoms with Crippen LogP contribution >= 0.6 is 0 Å². The van der Waals surface area contributed by atoms with E-state index in [1.165, 1.54) is 0 Å². The van der Waals surface area contributed by atoms with Crippen LogP contribution < -0.4 is 5.32 Å². The Kier molecular flexibility index (Phi) is 5.03. The molecule has 0 spiro atoms. The zero-order valence-electron chi connectivity index (χ0n) is 16.6. The van der Waals surface area contributed by atoms with Gasteiger partial charge in [-0.2, -0.15) is 5.10 Å². The van der Waals surface area contributed by atoms with Crippen LogP contribution in [0, 0.1) is 5.92 Å². The number of aromatic amines is 2. The first-order valence-corrected chi connectivity index (χ1v) is 10.3. The molecule has 1 amide bonds. The van der Waals surface area contributed by atoms with E-state index in [0.717, 1.165) is 60.6 Å². The monoisotopic (exact) mass is 400 g/mol. The lowest BCUT2D eigenvalue weighted by molar-refractivity contribution is -0.121. The van der Waals surface area contributed by atoms with Crippen LogP contribution in [-0.4, -0.2) is 44.1 Å². The summed E-state index contributed by atoms with van der Waals surface area (Å²) in [6.07, 6.45) is 1.67. The average molecular weight is 400 g/mol. The maximum Gasteiger partial charge on any atom is 0.228 e. The van der Waals surface area contributed by atoms with E-state index in [9.17, 15) is 4.79 Å². The standard InChI is InChI=1S/C23H24N6O/c30-23(26-21-14-20(27-28-21)16-6-2-1-3-7-16)17-10-12-29(13-11-17)15-22-24-18-8-4-5-9-19(18)25-22/h1-9,14,17H,10-13,15H2,(H,24,25)(H2,26,27,28,30). The number of rotatable bonds is 5. The molecule has 0 unspecified atom stereocenters. The van der Waals surface area contributed by atoms with Gasteiger partial charge < -0.3 is 10.3 Å². The number of piperidine rings is 1. The van der Waals surface area contributed by atoms with Crippen LogP contribution in [-0.2, 0) is 11.3 Å². The lowest BCUT2D eigenvalue weighted by Gasteiger charge is -2.30. The second-order valence-electron chi connectivity index (χ2n) is 7.77. The highest BCUT2D eigenvalue weighted by Gasteiger charge is 2.26. The van der Waals surface area contributed by atoms with Gasteiger partial charge in [0.15, 0.2) is 5.82 Å². The molecule has 30 heavy (non-hydrogen) atoms. The zero-order valence-corrected chi connectivity index (χ0v) is 16.6. The van der Waals surface area contributed by atoms with Gasteiger partial charge in [0.2, 0.25) is 5.91 Å². The van der Waals surface area contributed by atoms with Crippen LogP contribution in [0.25, 0.3) is 22.3 Å². The SMILES string of the molecule is O=C(Nc1cc(-c2ccccc2)[nH]n1)C1CCN(Cc2nc3ccccc3[nH]2)CC1. The van der Waals surface area contributed by atoms with Crippen molar-refractivity contribution in [3.8, 4) is 11.3 Å². The molecule has 2 aromatic carbocycles. The van der Waals surface area contributed by atoms with Crippen LogP contribution in [0.5, 0.6) is 0 Å². The van der Waals surface area contributed by atoms with Crippen LogP contribution in [0.3, 0.4) is 0 Å². The third kappa shape index (κ3) is 3.97. The summed E-state index contributed by atoms with van der Waals surface area (Å²) in [4.78, 5) is 23.1. The number of carbonyl (C=O) groups is 1. The van der Waals surface area contributed by atoms with Crippen molar-refractivity contribution in [1.82, 2.24) is 25.1 Å². The number of hydrogen-bond acceptors (Lipinski definition) is 4. The van der Waals surface area contributed by atoms with Gasteiger partial charge in [0.1, 0.15) is 5.82 Å². The molecule has 4 aromatic rings. The van der Waals surface area contributed by atoms with Gasteiger partial charge in [-0.25, -0.2) is 4.98 Å². The van der Waals surface area contributed by atoms with Gasteiger partial charge in [-0.05, 0) is 43.6 Å². The first-order valence-electron chi connectivity index (χ1n) is 10.3. The van der Waals surface area contributed by atoms with E-state index in [4.69, 9.17) is 0 Å². The molecule has 152 valence electrons. The van der Waals surface area contributed by atoms with Crippen molar-refractivity contribution in [2.45, 2.75) is 19.4 Å². The Balaban J connectivity index is 1.15. The second kappa shape index (κ2) is 8.12. The van der Waals surface area contributed by atoms with Crippen LogP contribution in [0.1, 0.15) is 18.7 Å². The first kappa shape index (κ1) is 18.6. The van der Waals surface area contributed by atoms with Crippen molar-refractivity contribution < 1.29 is 4.79 Å². The van der Waals surface area contributed by atoms with Crippen molar-refractivity contribution >= 4 is 22.8 Å². The van der Waals surface area contributed by atoms with Gasteiger partial charge >= 0.3 is 0 Å². The van der Waals surface area contributed by atoms with E-state index in [0.29, 0.717) is 5.82 Å². The average Bonchev–Trinajstić information content (AvgIpc) is 3.41. The van der Waals surface area contributed by atoms with Crippen LogP contribution in [0.4, 0.5) is 5.82 Å². The molecule has 1 aliphatic rings. The van der Waals surface area contributed by atoms with E-state index in [1.54, 1.807) is 0 Å². The number of fused-ring (bicyclic) bond motifs is 1. The summed E-state index contributed by atoms with van der Waals surface area (Å²) in [5.74, 6) is 1.60. The lowest BCUT2D eigenvalue weighted by atomic mass is 9.96. The molecule has 1 aliphatic heterocycles. The van der Waals surface area contributed by atoms with Gasteiger partial charge in [0, 0.05) is 12.0 Å². The van der Waals surface area contributed by atoms with Gasteiger partial charge in [-0.1, -0.05) is 42.5 Å². The van der Waals surface area contributed by atoms with Gasteiger partial charge in [0.25, 0.3) is 0 Å². The van der Waals surface area contributed by atoms with E-state index in [2.05, 4.69) is 30.4 Å². The molecule has 5 rings (SSSR count). The second-order valence-corrected chi connectivity index (χ2v) is 7.77. The van der Waals surface area contributed by atoms with Gasteiger partial charge in [-0.3, -0.25) is 14.8 Å². The van der Waals surface area contributed by atoms with Crippen LogP contribution in [0.15, 0.2) is 60.7 Å². The summed E-state index contributed by atoms with van der Waals surface area (Å²) >= 11 is 0. The van der Waals surface area contributed by atoms with Crippen molar-refractivity contribution in [1.29, 1.82) is 0 Å². The number of likely N-dealkylation sites (tertiary alicyclic amines) is 1. The first-order chi connectivity index (χ1) is 14.7. The third-order valence-electron chi connectivity index (χ3n) is 5.68. The number of benzene rings is 2. The number of nitrogens with one attached hydrogen (secondary N) is 3. The minimum absolute atomic E-state index is 0.00815. The number of anilines is 1. The molecule has 0 saturated carbocycles. The molecule has 3 N–H and O–H groups in total. The summed E-state index contributed by atoms with van der Waals surface area (Å²) in [5, 5.41) is 10.2. The quantitative estimate of drug-likeness (QED) is 0.475. The highest BCUT2D eigenvalue weighted by Crippen LogP contribution is 2.23. The fourth-order valence-electron chi connectivity index (χ4n) is 4.03. The maximum absolute atomic E-state index is 12.7. The number of nitrogens with zero attached hydrogens (tertiary/aromatic N) is 3.